The number of benzene rings is 2. The van der Waals surface area contributed by atoms with Gasteiger partial charge in [0, 0.05) is 54.4 Å². The Morgan fingerprint density at radius 1 is 1.21 bits per heavy atom. The van der Waals surface area contributed by atoms with E-state index in [1.54, 1.807) is 18.3 Å². The summed E-state index contributed by atoms with van der Waals surface area (Å²) < 4.78 is 23.1. The third-order valence-electron chi connectivity index (χ3n) is 9.74. The number of halogens is 1. The van der Waals surface area contributed by atoms with Crippen molar-refractivity contribution in [2.75, 3.05) is 37.7 Å². The Morgan fingerprint density at radius 2 is 2.05 bits per heavy atom. The average Bonchev–Trinajstić information content (AvgIpc) is 3.65. The van der Waals surface area contributed by atoms with Crippen LogP contribution in [0.4, 0.5) is 10.2 Å². The quantitative estimate of drug-likeness (QED) is 0.259. The summed E-state index contributed by atoms with van der Waals surface area (Å²) in [6, 6.07) is 9.47. The molecule has 2 aromatic carbocycles. The van der Waals surface area contributed by atoms with E-state index < -0.39 is 5.82 Å². The molecule has 4 aliphatic heterocycles. The Hall–Kier alpha value is -4.26. The summed E-state index contributed by atoms with van der Waals surface area (Å²) in [5.74, 6) is 2.73. The lowest BCUT2D eigenvalue weighted by molar-refractivity contribution is 0.108. The second kappa shape index (κ2) is 9.90. The van der Waals surface area contributed by atoms with E-state index >= 15 is 4.39 Å². The Kier molecular flexibility index (Phi) is 6.07. The number of phenolic OH excluding ortho intramolecular Hbond substituents is 1. The minimum atomic E-state index is -0.599. The fourth-order valence-corrected chi connectivity index (χ4v) is 7.85. The van der Waals surface area contributed by atoms with Crippen molar-refractivity contribution in [3.8, 4) is 35.4 Å². The van der Waals surface area contributed by atoms with Crippen LogP contribution in [0.15, 0.2) is 48.7 Å². The van der Waals surface area contributed by atoms with Gasteiger partial charge in [-0.3, -0.25) is 9.88 Å². The Balaban J connectivity index is 1.27. The lowest BCUT2D eigenvalue weighted by Crippen LogP contribution is -2.51. The molecule has 2 bridgehead atoms. The summed E-state index contributed by atoms with van der Waals surface area (Å²) in [6.07, 6.45) is 12.7. The fourth-order valence-electron chi connectivity index (χ4n) is 7.85. The number of piperazine rings is 1. The number of hydrogen-bond acceptors (Lipinski definition) is 8. The molecule has 0 saturated carbocycles. The topological polar surface area (TPSA) is 86.6 Å². The third-order valence-corrected chi connectivity index (χ3v) is 9.74. The standard InChI is InChI=1S/C34H33FN6O2/c1-3-21-6-4-7-22-12-25(42)13-26(28(21)22)30-29(35)31-27(15-36-30)32(40-17-23-8-9-24(18-40)37-23)39-33(38-31)43-19-34-10-5-11-41(34)16-20(2)14-34/h1,4,6-7,12-13,15,23-24,37,42H,2,5,8-11,14,16-19H2. The van der Waals surface area contributed by atoms with E-state index in [2.05, 4.69) is 37.6 Å². The van der Waals surface area contributed by atoms with Gasteiger partial charge >= 0.3 is 6.01 Å². The van der Waals surface area contributed by atoms with E-state index in [-0.39, 0.29) is 28.5 Å². The number of aromatic nitrogens is 3. The molecule has 43 heavy (non-hydrogen) atoms. The number of terminal acetylenes is 1. The smallest absolute Gasteiger partial charge is 0.319 e. The maximum absolute atomic E-state index is 16.8. The Morgan fingerprint density at radius 3 is 2.86 bits per heavy atom. The zero-order valence-corrected chi connectivity index (χ0v) is 23.9. The van der Waals surface area contributed by atoms with Crippen molar-refractivity contribution in [3.05, 3.63) is 60.1 Å². The molecular formula is C34H33FN6O2. The second-order valence-electron chi connectivity index (χ2n) is 12.6. The lowest BCUT2D eigenvalue weighted by atomic mass is 9.94. The molecule has 3 atom stereocenters. The maximum atomic E-state index is 16.8. The van der Waals surface area contributed by atoms with Gasteiger partial charge in [-0.15, -0.1) is 6.42 Å². The highest BCUT2D eigenvalue weighted by molar-refractivity contribution is 6.02. The van der Waals surface area contributed by atoms with Gasteiger partial charge in [0.05, 0.1) is 10.9 Å². The van der Waals surface area contributed by atoms with Crippen LogP contribution < -0.4 is 15.0 Å². The monoisotopic (exact) mass is 576 g/mol. The summed E-state index contributed by atoms with van der Waals surface area (Å²) in [5.41, 5.74) is 2.32. The van der Waals surface area contributed by atoms with Crippen LogP contribution in [0.1, 0.15) is 37.7 Å². The van der Waals surface area contributed by atoms with E-state index in [9.17, 15) is 5.11 Å². The van der Waals surface area contributed by atoms with E-state index in [4.69, 9.17) is 16.1 Å². The Labute approximate surface area is 249 Å². The first-order valence-corrected chi connectivity index (χ1v) is 15.1. The van der Waals surface area contributed by atoms with Crippen LogP contribution in [0.25, 0.3) is 32.9 Å². The molecule has 0 aliphatic carbocycles. The van der Waals surface area contributed by atoms with Gasteiger partial charge in [-0.1, -0.05) is 30.2 Å². The van der Waals surface area contributed by atoms with Gasteiger partial charge in [-0.25, -0.2) is 4.39 Å². The molecule has 2 aromatic heterocycles. The molecule has 218 valence electrons. The first-order valence-electron chi connectivity index (χ1n) is 15.1. The van der Waals surface area contributed by atoms with E-state index in [0.29, 0.717) is 51.8 Å². The average molecular weight is 577 g/mol. The van der Waals surface area contributed by atoms with Crippen molar-refractivity contribution in [1.82, 2.24) is 25.2 Å². The van der Waals surface area contributed by atoms with Crippen LogP contribution in [-0.4, -0.2) is 75.4 Å². The number of fused-ring (bicyclic) bond motifs is 5. The largest absolute Gasteiger partial charge is 0.508 e. The van der Waals surface area contributed by atoms with Gasteiger partial charge in [0.25, 0.3) is 0 Å². The summed E-state index contributed by atoms with van der Waals surface area (Å²) in [7, 11) is 0. The van der Waals surface area contributed by atoms with Gasteiger partial charge in [0.2, 0.25) is 0 Å². The summed E-state index contributed by atoms with van der Waals surface area (Å²) in [4.78, 5) is 18.8. The van der Waals surface area contributed by atoms with Crippen LogP contribution in [-0.2, 0) is 0 Å². The predicted molar refractivity (Wildman–Crippen MR) is 165 cm³/mol. The number of aromatic hydroxyl groups is 1. The molecule has 0 radical (unpaired) electrons. The molecule has 9 heteroatoms. The van der Waals surface area contributed by atoms with Crippen molar-refractivity contribution in [3.63, 3.8) is 0 Å². The molecule has 6 heterocycles. The molecule has 4 saturated heterocycles. The van der Waals surface area contributed by atoms with Gasteiger partial charge in [-0.05, 0) is 62.2 Å². The number of nitrogens with one attached hydrogen (secondary N) is 1. The molecule has 4 aromatic rings. The van der Waals surface area contributed by atoms with Gasteiger partial charge in [0.1, 0.15) is 29.4 Å². The summed E-state index contributed by atoms with van der Waals surface area (Å²) >= 11 is 0. The summed E-state index contributed by atoms with van der Waals surface area (Å²) in [5, 5.41) is 16.1. The molecular weight excluding hydrogens is 543 g/mol. The minimum Gasteiger partial charge on any atom is -0.508 e. The van der Waals surface area contributed by atoms with Crippen LogP contribution in [0.3, 0.4) is 0 Å². The lowest BCUT2D eigenvalue weighted by Gasteiger charge is -2.34. The fraction of sp³-hybridized carbons (Fsp3) is 0.382. The number of ether oxygens (including phenoxy) is 1. The van der Waals surface area contributed by atoms with Crippen molar-refractivity contribution in [2.24, 2.45) is 0 Å². The number of rotatable bonds is 5. The number of hydrogen-bond donors (Lipinski definition) is 2. The molecule has 0 amide bonds. The number of anilines is 1. The second-order valence-corrected chi connectivity index (χ2v) is 12.6. The molecule has 4 fully saturated rings. The van der Waals surface area contributed by atoms with Gasteiger partial charge in [0.15, 0.2) is 5.82 Å². The number of phenols is 1. The normalized spacial score (nSPS) is 25.0. The maximum Gasteiger partial charge on any atom is 0.319 e. The zero-order chi connectivity index (χ0) is 29.3. The number of pyridine rings is 1. The minimum absolute atomic E-state index is 0.000171. The van der Waals surface area contributed by atoms with Crippen LogP contribution in [0.5, 0.6) is 11.8 Å². The summed E-state index contributed by atoms with van der Waals surface area (Å²) in [6.45, 7) is 8.11. The highest BCUT2D eigenvalue weighted by Crippen LogP contribution is 2.42. The van der Waals surface area contributed by atoms with Crippen LogP contribution in [0.2, 0.25) is 0 Å². The van der Waals surface area contributed by atoms with Crippen molar-refractivity contribution in [2.45, 2.75) is 49.7 Å². The zero-order valence-electron chi connectivity index (χ0n) is 23.9. The van der Waals surface area contributed by atoms with E-state index in [1.807, 2.05) is 12.1 Å². The molecule has 4 aliphatic rings. The van der Waals surface area contributed by atoms with Gasteiger partial charge in [-0.2, -0.15) is 9.97 Å². The first kappa shape index (κ1) is 26.4. The SMILES string of the molecule is C#Cc1cccc2cc(O)cc(-c3ncc4c(N5CC6CCC(C5)N6)nc(OCC56CCCN5CC(=C)C6)nc4c3F)c12. The van der Waals surface area contributed by atoms with Gasteiger partial charge < -0.3 is 20.1 Å². The van der Waals surface area contributed by atoms with Crippen molar-refractivity contribution in [1.29, 1.82) is 0 Å². The van der Waals surface area contributed by atoms with Crippen molar-refractivity contribution < 1.29 is 14.2 Å². The molecule has 2 N–H and O–H groups in total. The van der Waals surface area contributed by atoms with E-state index in [0.717, 1.165) is 58.3 Å². The predicted octanol–water partition coefficient (Wildman–Crippen LogP) is 4.78. The number of nitrogens with zero attached hydrogens (tertiary/aromatic N) is 5. The highest BCUT2D eigenvalue weighted by Gasteiger charge is 2.46. The van der Waals surface area contributed by atoms with Crippen LogP contribution in [0, 0.1) is 18.2 Å². The molecule has 8 nitrogen and oxygen atoms in total. The van der Waals surface area contributed by atoms with Crippen molar-refractivity contribution >= 4 is 27.5 Å². The molecule has 0 spiro atoms. The molecule has 3 unspecified atom stereocenters. The third kappa shape index (κ3) is 4.31. The molecule has 8 rings (SSSR count). The Bertz CT molecular complexity index is 1840. The van der Waals surface area contributed by atoms with E-state index in [1.165, 1.54) is 11.6 Å². The van der Waals surface area contributed by atoms with Crippen LogP contribution >= 0.6 is 0 Å². The first-order chi connectivity index (χ1) is 20.9. The highest BCUT2D eigenvalue weighted by atomic mass is 19.1.